The lowest BCUT2D eigenvalue weighted by atomic mass is 10.0. The molecule has 1 N–H and O–H groups in total. The summed E-state index contributed by atoms with van der Waals surface area (Å²) in [5, 5.41) is 3.60. The van der Waals surface area contributed by atoms with Crippen molar-refractivity contribution in [2.45, 2.75) is 36.5 Å². The molecule has 0 bridgehead atoms. The molecule has 4 heteroatoms. The van der Waals surface area contributed by atoms with Crippen molar-refractivity contribution in [2.24, 2.45) is 0 Å². The molecule has 2 atom stereocenters. The van der Waals surface area contributed by atoms with E-state index in [-0.39, 0.29) is 6.04 Å². The first-order chi connectivity index (χ1) is 7.67. The molecular formula is C12H15F2NS. The standard InChI is InChI=1S/C12H15F2NS/c1-3-10-11(15-4-2)8-5-7(13)6-9(14)12(8)16-10/h5-6,10-11,15H,3-4H2,1-2H3. The van der Waals surface area contributed by atoms with Gasteiger partial charge in [-0.15, -0.1) is 11.8 Å². The number of benzene rings is 1. The van der Waals surface area contributed by atoms with Crippen molar-refractivity contribution < 1.29 is 8.78 Å². The van der Waals surface area contributed by atoms with Crippen LogP contribution in [0.5, 0.6) is 0 Å². The third-order valence-corrected chi connectivity index (χ3v) is 4.41. The lowest BCUT2D eigenvalue weighted by Crippen LogP contribution is -2.26. The van der Waals surface area contributed by atoms with Gasteiger partial charge in [0.2, 0.25) is 0 Å². The Hall–Kier alpha value is -0.610. The minimum absolute atomic E-state index is 0.0696. The molecule has 0 aliphatic carbocycles. The summed E-state index contributed by atoms with van der Waals surface area (Å²) in [6.45, 7) is 4.88. The van der Waals surface area contributed by atoms with Crippen LogP contribution in [0.25, 0.3) is 0 Å². The van der Waals surface area contributed by atoms with Gasteiger partial charge in [-0.3, -0.25) is 0 Å². The molecule has 0 spiro atoms. The Bertz CT molecular complexity index is 395. The van der Waals surface area contributed by atoms with E-state index in [1.807, 2.05) is 6.92 Å². The number of rotatable bonds is 3. The minimum atomic E-state index is -0.489. The highest BCUT2D eigenvalue weighted by Gasteiger charge is 2.34. The van der Waals surface area contributed by atoms with Gasteiger partial charge in [0, 0.05) is 22.3 Å². The molecule has 88 valence electrons. The smallest absolute Gasteiger partial charge is 0.140 e. The highest BCUT2D eigenvalue weighted by Crippen LogP contribution is 2.46. The Balaban J connectivity index is 2.41. The van der Waals surface area contributed by atoms with Gasteiger partial charge in [0.05, 0.1) is 0 Å². The van der Waals surface area contributed by atoms with E-state index in [4.69, 9.17) is 0 Å². The van der Waals surface area contributed by atoms with Crippen LogP contribution in [0.15, 0.2) is 17.0 Å². The third-order valence-electron chi connectivity index (χ3n) is 2.84. The summed E-state index contributed by atoms with van der Waals surface area (Å²) in [6.07, 6.45) is 0.943. The first-order valence-corrected chi connectivity index (χ1v) is 6.44. The van der Waals surface area contributed by atoms with Crippen LogP contribution in [0.1, 0.15) is 31.9 Å². The van der Waals surface area contributed by atoms with Crippen molar-refractivity contribution in [2.75, 3.05) is 6.54 Å². The molecule has 2 unspecified atom stereocenters. The Labute approximate surface area is 98.6 Å². The molecule has 1 heterocycles. The highest BCUT2D eigenvalue weighted by atomic mass is 32.2. The van der Waals surface area contributed by atoms with Gasteiger partial charge in [-0.1, -0.05) is 13.8 Å². The van der Waals surface area contributed by atoms with Crippen LogP contribution in [0.3, 0.4) is 0 Å². The van der Waals surface area contributed by atoms with E-state index in [0.717, 1.165) is 24.6 Å². The Kier molecular flexibility index (Phi) is 3.50. The monoisotopic (exact) mass is 243 g/mol. The second-order valence-electron chi connectivity index (χ2n) is 3.91. The summed E-state index contributed by atoms with van der Waals surface area (Å²) in [7, 11) is 0. The van der Waals surface area contributed by atoms with Crippen molar-refractivity contribution in [3.63, 3.8) is 0 Å². The SMILES string of the molecule is CCNC1c2cc(F)cc(F)c2SC1CC. The normalized spacial score (nSPS) is 23.5. The maximum Gasteiger partial charge on any atom is 0.140 e. The molecule has 0 amide bonds. The van der Waals surface area contributed by atoms with Gasteiger partial charge >= 0.3 is 0 Å². The van der Waals surface area contributed by atoms with E-state index in [0.29, 0.717) is 10.1 Å². The molecule has 0 radical (unpaired) electrons. The Morgan fingerprint density at radius 3 is 2.69 bits per heavy atom. The van der Waals surface area contributed by atoms with Crippen LogP contribution in [0.2, 0.25) is 0 Å². The molecule has 1 nitrogen and oxygen atoms in total. The fourth-order valence-corrected chi connectivity index (χ4v) is 3.48. The number of nitrogens with one attached hydrogen (secondary N) is 1. The quantitative estimate of drug-likeness (QED) is 0.872. The van der Waals surface area contributed by atoms with Crippen LogP contribution in [-0.4, -0.2) is 11.8 Å². The fraction of sp³-hybridized carbons (Fsp3) is 0.500. The van der Waals surface area contributed by atoms with Gasteiger partial charge in [0.15, 0.2) is 0 Å². The fourth-order valence-electron chi connectivity index (χ4n) is 2.14. The maximum atomic E-state index is 13.6. The van der Waals surface area contributed by atoms with E-state index in [1.54, 1.807) is 0 Å². The second-order valence-corrected chi connectivity index (χ2v) is 5.16. The lowest BCUT2D eigenvalue weighted by molar-refractivity contribution is 0.510. The summed E-state index contributed by atoms with van der Waals surface area (Å²) >= 11 is 1.52. The molecule has 1 aromatic rings. The summed E-state index contributed by atoms with van der Waals surface area (Å²) in [5.74, 6) is -0.921. The molecule has 0 saturated carbocycles. The van der Waals surface area contributed by atoms with Crippen molar-refractivity contribution in [1.29, 1.82) is 0 Å². The van der Waals surface area contributed by atoms with Crippen molar-refractivity contribution in [3.8, 4) is 0 Å². The lowest BCUT2D eigenvalue weighted by Gasteiger charge is -2.18. The average Bonchev–Trinajstić information content (AvgIpc) is 2.58. The zero-order valence-corrected chi connectivity index (χ0v) is 10.2. The Morgan fingerprint density at radius 1 is 1.31 bits per heavy atom. The van der Waals surface area contributed by atoms with Crippen molar-refractivity contribution in [3.05, 3.63) is 29.3 Å². The van der Waals surface area contributed by atoms with E-state index < -0.39 is 11.6 Å². The van der Waals surface area contributed by atoms with Crippen molar-refractivity contribution >= 4 is 11.8 Å². The number of halogens is 2. The summed E-state index contributed by atoms with van der Waals surface area (Å²) in [5.41, 5.74) is 0.774. The van der Waals surface area contributed by atoms with Crippen LogP contribution >= 0.6 is 11.8 Å². The molecule has 16 heavy (non-hydrogen) atoms. The van der Waals surface area contributed by atoms with E-state index in [1.165, 1.54) is 17.8 Å². The van der Waals surface area contributed by atoms with Crippen LogP contribution < -0.4 is 5.32 Å². The highest BCUT2D eigenvalue weighted by molar-refractivity contribution is 8.00. The zero-order chi connectivity index (χ0) is 11.7. The summed E-state index contributed by atoms with van der Waals surface area (Å²) in [4.78, 5) is 0.610. The number of fused-ring (bicyclic) bond motifs is 1. The summed E-state index contributed by atoms with van der Waals surface area (Å²) < 4.78 is 26.8. The van der Waals surface area contributed by atoms with Gasteiger partial charge < -0.3 is 5.32 Å². The largest absolute Gasteiger partial charge is 0.309 e. The number of hydrogen-bond acceptors (Lipinski definition) is 2. The molecule has 0 fully saturated rings. The van der Waals surface area contributed by atoms with Gasteiger partial charge in [-0.2, -0.15) is 0 Å². The van der Waals surface area contributed by atoms with Crippen LogP contribution in [-0.2, 0) is 0 Å². The topological polar surface area (TPSA) is 12.0 Å². The van der Waals surface area contributed by atoms with Gasteiger partial charge in [0.25, 0.3) is 0 Å². The molecule has 0 aromatic heterocycles. The van der Waals surface area contributed by atoms with Crippen LogP contribution in [0.4, 0.5) is 8.78 Å². The zero-order valence-electron chi connectivity index (χ0n) is 9.39. The summed E-state index contributed by atoms with van der Waals surface area (Å²) in [6, 6.07) is 2.49. The molecule has 1 aromatic carbocycles. The van der Waals surface area contributed by atoms with Crippen LogP contribution in [0, 0.1) is 11.6 Å². The molecule has 1 aliphatic rings. The van der Waals surface area contributed by atoms with Gasteiger partial charge in [-0.05, 0) is 24.6 Å². The van der Waals surface area contributed by atoms with E-state index >= 15 is 0 Å². The first-order valence-electron chi connectivity index (χ1n) is 5.56. The third kappa shape index (κ3) is 1.96. The molecular weight excluding hydrogens is 228 g/mol. The number of thioether (sulfide) groups is 1. The molecule has 0 saturated heterocycles. The van der Waals surface area contributed by atoms with Gasteiger partial charge in [0.1, 0.15) is 11.6 Å². The van der Waals surface area contributed by atoms with Crippen molar-refractivity contribution in [1.82, 2.24) is 5.32 Å². The average molecular weight is 243 g/mol. The maximum absolute atomic E-state index is 13.6. The van der Waals surface area contributed by atoms with Gasteiger partial charge in [-0.25, -0.2) is 8.78 Å². The number of hydrogen-bond donors (Lipinski definition) is 1. The first kappa shape index (κ1) is 11.9. The minimum Gasteiger partial charge on any atom is -0.309 e. The molecule has 2 rings (SSSR count). The predicted octanol–water partition coefficient (Wildman–Crippen LogP) is 3.50. The van der Waals surface area contributed by atoms with E-state index in [2.05, 4.69) is 12.2 Å². The molecule has 1 aliphatic heterocycles. The predicted molar refractivity (Wildman–Crippen MR) is 62.7 cm³/mol. The second kappa shape index (κ2) is 4.72. The Morgan fingerprint density at radius 2 is 2.06 bits per heavy atom. The van der Waals surface area contributed by atoms with E-state index in [9.17, 15) is 8.78 Å².